The quantitative estimate of drug-likeness (QED) is 0.754. The Morgan fingerprint density at radius 2 is 2.43 bits per heavy atom. The van der Waals surface area contributed by atoms with E-state index in [4.69, 9.17) is 0 Å². The summed E-state index contributed by atoms with van der Waals surface area (Å²) >= 11 is 0. The van der Waals surface area contributed by atoms with E-state index in [-0.39, 0.29) is 0 Å². The van der Waals surface area contributed by atoms with Gasteiger partial charge in [-0.15, -0.1) is 0 Å². The molecule has 1 aliphatic rings. The van der Waals surface area contributed by atoms with E-state index in [1.807, 2.05) is 6.20 Å². The number of aromatic nitrogens is 1. The molecule has 1 aliphatic carbocycles. The minimum absolute atomic E-state index is 0.907. The normalized spacial score (nSPS) is 26.9. The maximum atomic E-state index is 3.53. The van der Waals surface area contributed by atoms with Crippen molar-refractivity contribution in [3.63, 3.8) is 0 Å². The Morgan fingerprint density at radius 1 is 1.50 bits per heavy atom. The Balaban J connectivity index is 1.68. The van der Waals surface area contributed by atoms with Crippen LogP contribution in [0.2, 0.25) is 0 Å². The lowest BCUT2D eigenvalue weighted by Gasteiger charge is -2.15. The molecule has 0 bridgehead atoms. The fourth-order valence-corrected chi connectivity index (χ4v) is 2.40. The second-order valence-corrected chi connectivity index (χ2v) is 4.49. The molecule has 0 aromatic carbocycles. The van der Waals surface area contributed by atoms with Gasteiger partial charge < -0.3 is 10.3 Å². The molecule has 0 aliphatic heterocycles. The van der Waals surface area contributed by atoms with E-state index < -0.39 is 0 Å². The second kappa shape index (κ2) is 4.65. The zero-order chi connectivity index (χ0) is 9.80. The summed E-state index contributed by atoms with van der Waals surface area (Å²) in [6, 6.07) is 4.18. The number of rotatable bonds is 4. The van der Waals surface area contributed by atoms with Crippen molar-refractivity contribution in [2.24, 2.45) is 11.8 Å². The molecule has 2 nitrogen and oxygen atoms in total. The van der Waals surface area contributed by atoms with Gasteiger partial charge in [-0.25, -0.2) is 0 Å². The Bertz CT molecular complexity index is 253. The van der Waals surface area contributed by atoms with Crippen molar-refractivity contribution in [3.05, 3.63) is 24.0 Å². The fraction of sp³-hybridized carbons (Fsp3) is 0.667. The molecule has 1 fully saturated rings. The van der Waals surface area contributed by atoms with Crippen molar-refractivity contribution in [3.8, 4) is 0 Å². The van der Waals surface area contributed by atoms with E-state index in [1.54, 1.807) is 0 Å². The molecule has 2 heteroatoms. The lowest BCUT2D eigenvalue weighted by atomic mass is 9.98. The molecule has 1 saturated carbocycles. The van der Waals surface area contributed by atoms with Gasteiger partial charge in [-0.2, -0.15) is 0 Å². The monoisotopic (exact) mass is 192 g/mol. The van der Waals surface area contributed by atoms with Crippen LogP contribution in [0.4, 0.5) is 0 Å². The maximum absolute atomic E-state index is 3.53. The topological polar surface area (TPSA) is 27.8 Å². The summed E-state index contributed by atoms with van der Waals surface area (Å²) < 4.78 is 0. The van der Waals surface area contributed by atoms with Crippen molar-refractivity contribution in [1.29, 1.82) is 0 Å². The standard InChI is InChI=1S/C12H20N2/c1-10-4-2-5-11(10)8-13-9-12-6-3-7-14-12/h3,6-7,10-11,13-14H,2,4-5,8-9H2,1H3. The summed E-state index contributed by atoms with van der Waals surface area (Å²) in [4.78, 5) is 3.21. The molecule has 2 rings (SSSR count). The largest absolute Gasteiger partial charge is 0.364 e. The average Bonchev–Trinajstić information content (AvgIpc) is 2.78. The van der Waals surface area contributed by atoms with Crippen LogP contribution < -0.4 is 5.32 Å². The molecule has 0 amide bonds. The van der Waals surface area contributed by atoms with Gasteiger partial charge in [0.1, 0.15) is 0 Å². The number of nitrogens with one attached hydrogen (secondary N) is 2. The van der Waals surface area contributed by atoms with Gasteiger partial charge in [0.2, 0.25) is 0 Å². The van der Waals surface area contributed by atoms with E-state index >= 15 is 0 Å². The zero-order valence-electron chi connectivity index (χ0n) is 8.92. The molecule has 2 atom stereocenters. The number of hydrogen-bond acceptors (Lipinski definition) is 1. The number of aromatic amines is 1. The van der Waals surface area contributed by atoms with Crippen LogP contribution in [-0.4, -0.2) is 11.5 Å². The third-order valence-corrected chi connectivity index (χ3v) is 3.42. The van der Waals surface area contributed by atoms with E-state index in [2.05, 4.69) is 29.4 Å². The van der Waals surface area contributed by atoms with Crippen LogP contribution in [0.15, 0.2) is 18.3 Å². The van der Waals surface area contributed by atoms with Gasteiger partial charge >= 0.3 is 0 Å². The number of H-pyrrole nitrogens is 1. The third-order valence-electron chi connectivity index (χ3n) is 3.42. The van der Waals surface area contributed by atoms with E-state index in [0.717, 1.165) is 18.4 Å². The molecule has 14 heavy (non-hydrogen) atoms. The van der Waals surface area contributed by atoms with Crippen LogP contribution in [0.3, 0.4) is 0 Å². The Hall–Kier alpha value is -0.760. The van der Waals surface area contributed by atoms with E-state index in [1.165, 1.54) is 31.5 Å². The van der Waals surface area contributed by atoms with Gasteiger partial charge in [0.05, 0.1) is 0 Å². The van der Waals surface area contributed by atoms with Crippen LogP contribution in [0.5, 0.6) is 0 Å². The summed E-state index contributed by atoms with van der Waals surface area (Å²) in [5.41, 5.74) is 1.29. The molecule has 2 N–H and O–H groups in total. The van der Waals surface area contributed by atoms with Gasteiger partial charge in [0.25, 0.3) is 0 Å². The SMILES string of the molecule is CC1CCCC1CNCc1ccc[nH]1. The Labute approximate surface area is 86.1 Å². The highest BCUT2D eigenvalue weighted by Crippen LogP contribution is 2.30. The highest BCUT2D eigenvalue weighted by molar-refractivity contribution is 5.02. The summed E-state index contributed by atoms with van der Waals surface area (Å²) in [5.74, 6) is 1.83. The van der Waals surface area contributed by atoms with Crippen molar-refractivity contribution in [2.45, 2.75) is 32.7 Å². The van der Waals surface area contributed by atoms with Crippen molar-refractivity contribution >= 4 is 0 Å². The van der Waals surface area contributed by atoms with Crippen LogP contribution in [0, 0.1) is 11.8 Å². The van der Waals surface area contributed by atoms with Gasteiger partial charge in [0.15, 0.2) is 0 Å². The molecular formula is C12H20N2. The first kappa shape index (κ1) is 9.78. The molecule has 0 saturated heterocycles. The Kier molecular flexibility index (Phi) is 3.25. The van der Waals surface area contributed by atoms with Crippen LogP contribution in [0.25, 0.3) is 0 Å². The molecular weight excluding hydrogens is 172 g/mol. The van der Waals surface area contributed by atoms with Gasteiger partial charge in [-0.1, -0.05) is 19.8 Å². The first-order valence-electron chi connectivity index (χ1n) is 5.69. The predicted octanol–water partition coefficient (Wildman–Crippen LogP) is 2.54. The molecule has 1 heterocycles. The summed E-state index contributed by atoms with van der Waals surface area (Å²) in [5, 5.41) is 3.53. The summed E-state index contributed by atoms with van der Waals surface area (Å²) in [6.45, 7) is 4.55. The van der Waals surface area contributed by atoms with Gasteiger partial charge in [-0.05, 0) is 36.9 Å². The van der Waals surface area contributed by atoms with Crippen molar-refractivity contribution in [1.82, 2.24) is 10.3 Å². The second-order valence-electron chi connectivity index (χ2n) is 4.49. The van der Waals surface area contributed by atoms with Gasteiger partial charge in [0, 0.05) is 18.4 Å². The van der Waals surface area contributed by atoms with E-state index in [9.17, 15) is 0 Å². The highest BCUT2D eigenvalue weighted by atomic mass is 14.9. The van der Waals surface area contributed by atoms with Crippen LogP contribution in [-0.2, 0) is 6.54 Å². The Morgan fingerprint density at radius 3 is 3.07 bits per heavy atom. The minimum Gasteiger partial charge on any atom is -0.364 e. The lowest BCUT2D eigenvalue weighted by molar-refractivity contribution is 0.391. The van der Waals surface area contributed by atoms with E-state index in [0.29, 0.717) is 0 Å². The first-order chi connectivity index (χ1) is 6.86. The molecule has 0 radical (unpaired) electrons. The van der Waals surface area contributed by atoms with Gasteiger partial charge in [-0.3, -0.25) is 0 Å². The molecule has 1 aromatic heterocycles. The summed E-state index contributed by atoms with van der Waals surface area (Å²) in [6.07, 6.45) is 6.25. The van der Waals surface area contributed by atoms with Crippen LogP contribution in [0.1, 0.15) is 31.9 Å². The highest BCUT2D eigenvalue weighted by Gasteiger charge is 2.22. The predicted molar refractivity (Wildman–Crippen MR) is 59.0 cm³/mol. The van der Waals surface area contributed by atoms with Crippen molar-refractivity contribution in [2.75, 3.05) is 6.54 Å². The van der Waals surface area contributed by atoms with Crippen LogP contribution >= 0.6 is 0 Å². The third kappa shape index (κ3) is 2.38. The maximum Gasteiger partial charge on any atom is 0.0357 e. The molecule has 2 unspecified atom stereocenters. The molecule has 1 aromatic rings. The smallest absolute Gasteiger partial charge is 0.0357 e. The molecule has 0 spiro atoms. The number of hydrogen-bond donors (Lipinski definition) is 2. The molecule has 78 valence electrons. The van der Waals surface area contributed by atoms with Crippen molar-refractivity contribution < 1.29 is 0 Å². The first-order valence-corrected chi connectivity index (χ1v) is 5.69. The minimum atomic E-state index is 0.907. The summed E-state index contributed by atoms with van der Waals surface area (Å²) in [7, 11) is 0. The zero-order valence-corrected chi connectivity index (χ0v) is 8.92. The average molecular weight is 192 g/mol. The lowest BCUT2D eigenvalue weighted by Crippen LogP contribution is -2.24. The fourth-order valence-electron chi connectivity index (χ4n) is 2.40.